The molecule has 3 heterocycles. The second kappa shape index (κ2) is 10.8. The van der Waals surface area contributed by atoms with Crippen molar-refractivity contribution in [3.63, 3.8) is 0 Å². The number of hydrogen-bond donors (Lipinski definition) is 1. The zero-order chi connectivity index (χ0) is 29.4. The van der Waals surface area contributed by atoms with Crippen molar-refractivity contribution in [2.24, 2.45) is 7.05 Å². The van der Waals surface area contributed by atoms with Crippen LogP contribution in [0, 0.1) is 6.92 Å². The van der Waals surface area contributed by atoms with Gasteiger partial charge in [0.05, 0.1) is 22.9 Å². The maximum absolute atomic E-state index is 12.5. The van der Waals surface area contributed by atoms with Crippen molar-refractivity contribution < 1.29 is 14.3 Å². The summed E-state index contributed by atoms with van der Waals surface area (Å²) >= 11 is 0. The van der Waals surface area contributed by atoms with Gasteiger partial charge in [-0.3, -0.25) is 0 Å². The molecule has 42 heavy (non-hydrogen) atoms. The minimum absolute atomic E-state index is 0.262. The molecule has 10 nitrogen and oxygen atoms in total. The van der Waals surface area contributed by atoms with Crippen LogP contribution in [0.4, 0.5) is 22.0 Å². The molecule has 0 spiro atoms. The first-order valence-corrected chi connectivity index (χ1v) is 14.1. The summed E-state index contributed by atoms with van der Waals surface area (Å²) < 4.78 is 13.7. The Morgan fingerprint density at radius 2 is 1.71 bits per heavy atom. The molecule has 1 N–H and O–H groups in total. The van der Waals surface area contributed by atoms with E-state index < -0.39 is 5.60 Å². The van der Waals surface area contributed by atoms with Gasteiger partial charge < -0.3 is 29.2 Å². The number of amides is 1. The van der Waals surface area contributed by atoms with Crippen LogP contribution in [-0.4, -0.2) is 62.3 Å². The minimum atomic E-state index is -0.503. The van der Waals surface area contributed by atoms with Crippen molar-refractivity contribution in [3.8, 4) is 11.5 Å². The van der Waals surface area contributed by atoms with Gasteiger partial charge in [-0.25, -0.2) is 19.7 Å². The highest BCUT2D eigenvalue weighted by atomic mass is 16.6. The van der Waals surface area contributed by atoms with Crippen molar-refractivity contribution >= 4 is 45.2 Å². The summed E-state index contributed by atoms with van der Waals surface area (Å²) in [5.74, 6) is 2.24. The molecule has 5 aromatic rings. The summed E-state index contributed by atoms with van der Waals surface area (Å²) in [4.78, 5) is 30.0. The molecule has 1 aliphatic rings. The molecule has 1 aliphatic heterocycles. The largest absolute Gasteiger partial charge is 0.457 e. The van der Waals surface area contributed by atoms with Gasteiger partial charge in [-0.1, -0.05) is 0 Å². The lowest BCUT2D eigenvalue weighted by Gasteiger charge is -2.36. The molecule has 1 saturated heterocycles. The predicted octanol–water partition coefficient (Wildman–Crippen LogP) is 6.42. The van der Waals surface area contributed by atoms with Crippen molar-refractivity contribution in [1.82, 2.24) is 24.4 Å². The van der Waals surface area contributed by atoms with E-state index in [9.17, 15) is 4.79 Å². The second-order valence-corrected chi connectivity index (χ2v) is 11.6. The first-order valence-electron chi connectivity index (χ1n) is 14.1. The highest BCUT2D eigenvalue weighted by Crippen LogP contribution is 2.32. The van der Waals surface area contributed by atoms with Crippen LogP contribution >= 0.6 is 0 Å². The topological polar surface area (TPSA) is 97.6 Å². The summed E-state index contributed by atoms with van der Waals surface area (Å²) in [5, 5.41) is 4.39. The lowest BCUT2D eigenvalue weighted by atomic mass is 10.1. The molecule has 3 aromatic carbocycles. The Labute approximate surface area is 244 Å². The number of aromatic nitrogens is 4. The number of anilines is 3. The fourth-order valence-electron chi connectivity index (χ4n) is 5.10. The molecule has 0 bridgehead atoms. The van der Waals surface area contributed by atoms with Gasteiger partial charge in [-0.05, 0) is 81.8 Å². The Kier molecular flexibility index (Phi) is 7.06. The van der Waals surface area contributed by atoms with E-state index in [1.165, 1.54) is 0 Å². The van der Waals surface area contributed by atoms with Crippen LogP contribution < -0.4 is 15.0 Å². The van der Waals surface area contributed by atoms with Gasteiger partial charge >= 0.3 is 6.09 Å². The van der Waals surface area contributed by atoms with E-state index in [0.717, 1.165) is 69.3 Å². The minimum Gasteiger partial charge on any atom is -0.457 e. The number of benzene rings is 3. The number of piperazine rings is 1. The monoisotopic (exact) mass is 565 g/mol. The van der Waals surface area contributed by atoms with Crippen LogP contribution in [0.1, 0.15) is 26.3 Å². The highest BCUT2D eigenvalue weighted by Gasteiger charge is 2.26. The first kappa shape index (κ1) is 27.3. The zero-order valence-corrected chi connectivity index (χ0v) is 24.6. The Morgan fingerprint density at radius 3 is 2.48 bits per heavy atom. The average molecular weight is 566 g/mol. The zero-order valence-electron chi connectivity index (χ0n) is 24.6. The lowest BCUT2D eigenvalue weighted by Crippen LogP contribution is -2.50. The summed E-state index contributed by atoms with van der Waals surface area (Å²) in [6.45, 7) is 10.3. The quantitative estimate of drug-likeness (QED) is 0.261. The van der Waals surface area contributed by atoms with Gasteiger partial charge in [0.15, 0.2) is 0 Å². The fourth-order valence-corrected chi connectivity index (χ4v) is 5.10. The van der Waals surface area contributed by atoms with Gasteiger partial charge in [0.1, 0.15) is 29.2 Å². The maximum Gasteiger partial charge on any atom is 0.410 e. The van der Waals surface area contributed by atoms with E-state index in [4.69, 9.17) is 9.47 Å². The molecule has 2 aromatic heterocycles. The number of fused-ring (bicyclic) bond motifs is 2. The number of hydrogen-bond acceptors (Lipinski definition) is 8. The van der Waals surface area contributed by atoms with Crippen molar-refractivity contribution in [2.45, 2.75) is 33.3 Å². The number of imidazole rings is 1. The molecule has 0 atom stereocenters. The van der Waals surface area contributed by atoms with Crippen LogP contribution in [0.2, 0.25) is 0 Å². The number of nitrogens with one attached hydrogen (secondary N) is 1. The molecule has 6 rings (SSSR count). The summed E-state index contributed by atoms with van der Waals surface area (Å²) in [5.41, 5.74) is 5.25. The summed E-state index contributed by atoms with van der Waals surface area (Å²) in [6, 6.07) is 18.1. The fraction of sp³-hybridized carbons (Fsp3) is 0.312. The Balaban J connectivity index is 1.16. The molecular weight excluding hydrogens is 530 g/mol. The summed E-state index contributed by atoms with van der Waals surface area (Å²) in [6.07, 6.45) is 3.11. The van der Waals surface area contributed by atoms with Gasteiger partial charge in [0.25, 0.3) is 0 Å². The standard InChI is InChI=1S/C32H35N7O3/c1-21-16-22(6-11-29(21)41-24-8-10-28-27(18-24)35-20-37(28)5)36-30-25-17-23(7-9-26(25)33-19-34-30)38-12-14-39(15-13-38)31(40)42-32(2,3)4/h6-11,16-20H,12-15H2,1-5H3,(H,33,34,36). The molecule has 0 aliphatic carbocycles. The van der Waals surface area contributed by atoms with E-state index in [-0.39, 0.29) is 6.09 Å². The number of carbonyl (C=O) groups excluding carboxylic acids is 1. The van der Waals surface area contributed by atoms with E-state index >= 15 is 0 Å². The van der Waals surface area contributed by atoms with Crippen LogP contribution in [-0.2, 0) is 11.8 Å². The third-order valence-corrected chi connectivity index (χ3v) is 7.28. The molecule has 0 radical (unpaired) electrons. The van der Waals surface area contributed by atoms with Crippen LogP contribution in [0.15, 0.2) is 67.3 Å². The van der Waals surface area contributed by atoms with E-state index in [2.05, 4.69) is 37.3 Å². The SMILES string of the molecule is Cc1cc(Nc2ncnc3ccc(N4CCN(C(=O)OC(C)(C)C)CC4)cc23)ccc1Oc1ccc2c(c1)ncn2C. The third-order valence-electron chi connectivity index (χ3n) is 7.28. The van der Waals surface area contributed by atoms with Crippen LogP contribution in [0.25, 0.3) is 21.9 Å². The van der Waals surface area contributed by atoms with Gasteiger partial charge in [-0.15, -0.1) is 0 Å². The van der Waals surface area contributed by atoms with Crippen LogP contribution in [0.5, 0.6) is 11.5 Å². The first-order chi connectivity index (χ1) is 20.1. The Bertz CT molecular complexity index is 1770. The van der Waals surface area contributed by atoms with Crippen molar-refractivity contribution in [1.29, 1.82) is 0 Å². The molecule has 216 valence electrons. The van der Waals surface area contributed by atoms with Gasteiger partial charge in [-0.2, -0.15) is 0 Å². The third kappa shape index (κ3) is 5.79. The molecule has 0 saturated carbocycles. The number of ether oxygens (including phenoxy) is 2. The Hall–Kier alpha value is -4.86. The molecular formula is C32H35N7O3. The smallest absolute Gasteiger partial charge is 0.410 e. The average Bonchev–Trinajstić information content (AvgIpc) is 3.33. The predicted molar refractivity (Wildman–Crippen MR) is 165 cm³/mol. The van der Waals surface area contributed by atoms with E-state index in [0.29, 0.717) is 13.1 Å². The molecule has 1 amide bonds. The molecule has 10 heteroatoms. The number of rotatable bonds is 5. The molecule has 1 fully saturated rings. The molecule has 0 unspecified atom stereocenters. The van der Waals surface area contributed by atoms with Crippen LogP contribution in [0.3, 0.4) is 0 Å². The van der Waals surface area contributed by atoms with E-state index in [1.54, 1.807) is 17.6 Å². The Morgan fingerprint density at radius 1 is 0.905 bits per heavy atom. The second-order valence-electron chi connectivity index (χ2n) is 11.6. The van der Waals surface area contributed by atoms with Crippen molar-refractivity contribution in [3.05, 3.63) is 72.8 Å². The number of carbonyl (C=O) groups is 1. The lowest BCUT2D eigenvalue weighted by molar-refractivity contribution is 0.0240. The van der Waals surface area contributed by atoms with E-state index in [1.807, 2.05) is 81.8 Å². The van der Waals surface area contributed by atoms with Gasteiger partial charge in [0.2, 0.25) is 0 Å². The maximum atomic E-state index is 12.5. The number of aryl methyl sites for hydroxylation is 2. The summed E-state index contributed by atoms with van der Waals surface area (Å²) in [7, 11) is 1.97. The van der Waals surface area contributed by atoms with Crippen molar-refractivity contribution in [2.75, 3.05) is 36.4 Å². The highest BCUT2D eigenvalue weighted by molar-refractivity contribution is 5.93. The normalized spacial score (nSPS) is 13.9. The van der Waals surface area contributed by atoms with Gasteiger partial charge in [0, 0.05) is 56.1 Å². The number of nitrogens with zero attached hydrogens (tertiary/aromatic N) is 6.